The van der Waals surface area contributed by atoms with Gasteiger partial charge in [0.15, 0.2) is 0 Å². The van der Waals surface area contributed by atoms with Gasteiger partial charge in [0.2, 0.25) is 0 Å². The fourth-order valence-corrected chi connectivity index (χ4v) is 2.86. The first-order valence-electron chi connectivity index (χ1n) is 6.66. The number of carbonyl (C=O) groups is 2. The molecule has 126 valence electrons. The average molecular weight is 350 g/mol. The molecule has 0 fully saturated rings. The Bertz CT molecular complexity index is 883. The number of esters is 2. The van der Waals surface area contributed by atoms with Crippen molar-refractivity contribution in [1.82, 2.24) is 0 Å². The van der Waals surface area contributed by atoms with Crippen LogP contribution in [0.15, 0.2) is 47.4 Å². The van der Waals surface area contributed by atoms with Gasteiger partial charge < -0.3 is 9.47 Å². The minimum atomic E-state index is -4.58. The molecule has 7 nitrogen and oxygen atoms in total. The summed E-state index contributed by atoms with van der Waals surface area (Å²) in [4.78, 5) is 22.5. The summed E-state index contributed by atoms with van der Waals surface area (Å²) in [5, 5.41) is 0. The fourth-order valence-electron chi connectivity index (χ4n) is 2.12. The number of rotatable bonds is 4. The SMILES string of the molecule is COC(=O)c1ccc(-c2ccc(C(=O)OC)cc2S(=O)(=O)O)cc1. The summed E-state index contributed by atoms with van der Waals surface area (Å²) in [5.74, 6) is -1.26. The van der Waals surface area contributed by atoms with E-state index in [1.807, 2.05) is 0 Å². The van der Waals surface area contributed by atoms with Crippen molar-refractivity contribution in [1.29, 1.82) is 0 Å². The van der Waals surface area contributed by atoms with Crippen LogP contribution in [-0.4, -0.2) is 39.1 Å². The van der Waals surface area contributed by atoms with Crippen LogP contribution in [0, 0.1) is 0 Å². The van der Waals surface area contributed by atoms with Gasteiger partial charge in [-0.3, -0.25) is 4.55 Å². The summed E-state index contributed by atoms with van der Waals surface area (Å²) < 4.78 is 41.8. The Kier molecular flexibility index (Phi) is 5.01. The maximum absolute atomic E-state index is 11.6. The number of carbonyl (C=O) groups excluding carboxylic acids is 2. The highest BCUT2D eigenvalue weighted by atomic mass is 32.2. The van der Waals surface area contributed by atoms with Gasteiger partial charge >= 0.3 is 11.9 Å². The smallest absolute Gasteiger partial charge is 0.337 e. The van der Waals surface area contributed by atoms with Crippen molar-refractivity contribution in [3.63, 3.8) is 0 Å². The van der Waals surface area contributed by atoms with Crippen molar-refractivity contribution in [3.8, 4) is 11.1 Å². The molecule has 0 heterocycles. The molecule has 0 unspecified atom stereocenters. The van der Waals surface area contributed by atoms with Crippen LogP contribution in [0.5, 0.6) is 0 Å². The molecule has 0 atom stereocenters. The van der Waals surface area contributed by atoms with E-state index < -0.39 is 27.0 Å². The predicted octanol–water partition coefficient (Wildman–Crippen LogP) is 2.17. The second kappa shape index (κ2) is 6.81. The molecule has 0 spiro atoms. The Balaban J connectivity index is 2.57. The molecule has 0 bridgehead atoms. The largest absolute Gasteiger partial charge is 0.465 e. The summed E-state index contributed by atoms with van der Waals surface area (Å²) >= 11 is 0. The van der Waals surface area contributed by atoms with Crippen LogP contribution in [0.1, 0.15) is 20.7 Å². The third kappa shape index (κ3) is 3.61. The van der Waals surface area contributed by atoms with Crippen LogP contribution in [0.2, 0.25) is 0 Å². The van der Waals surface area contributed by atoms with Crippen molar-refractivity contribution in [2.45, 2.75) is 4.90 Å². The first-order valence-corrected chi connectivity index (χ1v) is 8.10. The van der Waals surface area contributed by atoms with E-state index in [0.717, 1.165) is 13.2 Å². The maximum Gasteiger partial charge on any atom is 0.337 e. The minimum absolute atomic E-state index is 0.0138. The van der Waals surface area contributed by atoms with E-state index >= 15 is 0 Å². The zero-order chi connectivity index (χ0) is 17.9. The third-order valence-corrected chi connectivity index (χ3v) is 4.19. The molecule has 8 heteroatoms. The molecule has 0 amide bonds. The summed E-state index contributed by atoms with van der Waals surface area (Å²) in [6, 6.07) is 9.73. The monoisotopic (exact) mass is 350 g/mol. The van der Waals surface area contributed by atoms with Crippen molar-refractivity contribution in [3.05, 3.63) is 53.6 Å². The second-order valence-corrected chi connectivity index (χ2v) is 6.14. The quantitative estimate of drug-likeness (QED) is 0.665. The average Bonchev–Trinajstić information content (AvgIpc) is 2.59. The highest BCUT2D eigenvalue weighted by molar-refractivity contribution is 7.86. The van der Waals surface area contributed by atoms with Crippen LogP contribution in [0.3, 0.4) is 0 Å². The van der Waals surface area contributed by atoms with Gasteiger partial charge in [-0.2, -0.15) is 8.42 Å². The van der Waals surface area contributed by atoms with Crippen molar-refractivity contribution < 1.29 is 32.0 Å². The minimum Gasteiger partial charge on any atom is -0.465 e. The van der Waals surface area contributed by atoms with Gasteiger partial charge in [0.25, 0.3) is 10.1 Å². The van der Waals surface area contributed by atoms with E-state index in [4.69, 9.17) is 0 Å². The lowest BCUT2D eigenvalue weighted by molar-refractivity contribution is 0.0591. The van der Waals surface area contributed by atoms with E-state index in [0.29, 0.717) is 11.1 Å². The van der Waals surface area contributed by atoms with E-state index in [-0.39, 0.29) is 11.1 Å². The molecule has 0 radical (unpaired) electrons. The maximum atomic E-state index is 11.6. The molecule has 0 saturated heterocycles. The first kappa shape index (κ1) is 17.6. The van der Waals surface area contributed by atoms with Gasteiger partial charge in [0, 0.05) is 5.56 Å². The highest BCUT2D eigenvalue weighted by Crippen LogP contribution is 2.29. The molecule has 0 saturated carbocycles. The lowest BCUT2D eigenvalue weighted by Crippen LogP contribution is -2.06. The van der Waals surface area contributed by atoms with Gasteiger partial charge in [-0.1, -0.05) is 18.2 Å². The predicted molar refractivity (Wildman–Crippen MR) is 84.4 cm³/mol. The molecule has 24 heavy (non-hydrogen) atoms. The normalized spacial score (nSPS) is 11.0. The van der Waals surface area contributed by atoms with Crippen LogP contribution < -0.4 is 0 Å². The Labute approximate surface area is 138 Å². The first-order chi connectivity index (χ1) is 11.3. The molecule has 2 rings (SSSR count). The van der Waals surface area contributed by atoms with Gasteiger partial charge in [-0.15, -0.1) is 0 Å². The molecule has 1 N–H and O–H groups in total. The summed E-state index contributed by atoms with van der Waals surface area (Å²) in [6.45, 7) is 0. The summed E-state index contributed by atoms with van der Waals surface area (Å²) in [7, 11) is -2.17. The molecular formula is C16H14O7S. The summed E-state index contributed by atoms with van der Waals surface area (Å²) in [5.41, 5.74) is 0.897. The molecule has 2 aromatic carbocycles. The van der Waals surface area contributed by atoms with E-state index in [2.05, 4.69) is 9.47 Å². The van der Waals surface area contributed by atoms with E-state index in [1.54, 1.807) is 0 Å². The van der Waals surface area contributed by atoms with Crippen molar-refractivity contribution >= 4 is 22.1 Å². The molecule has 0 aliphatic heterocycles. The topological polar surface area (TPSA) is 107 Å². The Hall–Kier alpha value is -2.71. The Morgan fingerprint density at radius 1 is 0.875 bits per heavy atom. The molecule has 2 aromatic rings. The Morgan fingerprint density at radius 3 is 1.88 bits per heavy atom. The highest BCUT2D eigenvalue weighted by Gasteiger charge is 2.20. The van der Waals surface area contributed by atoms with Gasteiger partial charge in [0.05, 0.1) is 25.3 Å². The standard InChI is InChI=1S/C16H14O7S/c1-22-15(17)11-5-3-10(4-6-11)13-8-7-12(16(18)23-2)9-14(13)24(19,20)21/h3-9H,1-2H3,(H,19,20,21). The Morgan fingerprint density at radius 2 is 1.38 bits per heavy atom. The zero-order valence-corrected chi connectivity index (χ0v) is 13.7. The van der Waals surface area contributed by atoms with Crippen LogP contribution in [-0.2, 0) is 19.6 Å². The fraction of sp³-hybridized carbons (Fsp3) is 0.125. The zero-order valence-electron chi connectivity index (χ0n) is 12.8. The molecule has 0 aromatic heterocycles. The number of hydrogen-bond donors (Lipinski definition) is 1. The van der Waals surface area contributed by atoms with Crippen molar-refractivity contribution in [2.24, 2.45) is 0 Å². The number of benzene rings is 2. The van der Waals surface area contributed by atoms with Gasteiger partial charge in [-0.05, 0) is 29.8 Å². The summed E-state index contributed by atoms with van der Waals surface area (Å²) in [6.07, 6.45) is 0. The molecule has 0 aliphatic rings. The third-order valence-electron chi connectivity index (χ3n) is 3.30. The molecule has 0 aliphatic carbocycles. The van der Waals surface area contributed by atoms with Crippen LogP contribution >= 0.6 is 0 Å². The molecular weight excluding hydrogens is 336 g/mol. The van der Waals surface area contributed by atoms with E-state index in [9.17, 15) is 22.6 Å². The number of ether oxygens (including phenoxy) is 2. The lowest BCUT2D eigenvalue weighted by Gasteiger charge is -2.10. The van der Waals surface area contributed by atoms with Gasteiger partial charge in [0.1, 0.15) is 4.90 Å². The van der Waals surface area contributed by atoms with Gasteiger partial charge in [-0.25, -0.2) is 9.59 Å². The number of hydrogen-bond acceptors (Lipinski definition) is 6. The van der Waals surface area contributed by atoms with Crippen LogP contribution in [0.4, 0.5) is 0 Å². The number of methoxy groups -OCH3 is 2. The van der Waals surface area contributed by atoms with E-state index in [1.165, 1.54) is 43.5 Å². The van der Waals surface area contributed by atoms with Crippen LogP contribution in [0.25, 0.3) is 11.1 Å². The lowest BCUT2D eigenvalue weighted by atomic mass is 10.0. The van der Waals surface area contributed by atoms with Crippen molar-refractivity contribution in [2.75, 3.05) is 14.2 Å². The second-order valence-electron chi connectivity index (χ2n) is 4.75.